The van der Waals surface area contributed by atoms with Gasteiger partial charge in [-0.1, -0.05) is 6.58 Å². The van der Waals surface area contributed by atoms with Gasteiger partial charge in [0.25, 0.3) is 0 Å². The molecule has 0 aliphatic carbocycles. The van der Waals surface area contributed by atoms with Crippen molar-refractivity contribution in [1.29, 1.82) is 0 Å². The molecule has 2 nitrogen and oxygen atoms in total. The van der Waals surface area contributed by atoms with Crippen LogP contribution in [0.1, 0.15) is 6.42 Å². The van der Waals surface area contributed by atoms with Crippen LogP contribution in [-0.2, 0) is 11.1 Å². The van der Waals surface area contributed by atoms with Gasteiger partial charge in [0.05, 0.1) is 6.92 Å². The molecule has 0 aromatic heterocycles. The highest BCUT2D eigenvalue weighted by molar-refractivity contribution is 7.83. The van der Waals surface area contributed by atoms with Gasteiger partial charge in [0.15, 0.2) is 0 Å². The lowest BCUT2D eigenvalue weighted by atomic mass is 10.5. The fourth-order valence-corrected chi connectivity index (χ4v) is 0.250. The SMILES string of the molecule is C=C(C[CH2+])S(=O)[O-]. The molecule has 0 saturated heterocycles. The Balaban J connectivity index is 3.58. The molecule has 0 N–H and O–H groups in total. The van der Waals surface area contributed by atoms with E-state index in [1.165, 1.54) is 0 Å². The van der Waals surface area contributed by atoms with Gasteiger partial charge in [0.1, 0.15) is 6.42 Å². The topological polar surface area (TPSA) is 40.1 Å². The van der Waals surface area contributed by atoms with Crippen molar-refractivity contribution >= 4 is 11.1 Å². The fourth-order valence-electron chi connectivity index (χ4n) is 0.0833. The van der Waals surface area contributed by atoms with Gasteiger partial charge in [-0.25, -0.2) is 0 Å². The summed E-state index contributed by atoms with van der Waals surface area (Å²) >= 11 is -2.12. The van der Waals surface area contributed by atoms with Crippen LogP contribution >= 0.6 is 0 Å². The molecule has 40 valence electrons. The van der Waals surface area contributed by atoms with Gasteiger partial charge in [0.2, 0.25) is 0 Å². The van der Waals surface area contributed by atoms with Crippen molar-refractivity contribution in [3.8, 4) is 0 Å². The van der Waals surface area contributed by atoms with Crippen LogP contribution < -0.4 is 0 Å². The van der Waals surface area contributed by atoms with Crippen LogP contribution in [0.25, 0.3) is 0 Å². The van der Waals surface area contributed by atoms with Crippen molar-refractivity contribution < 1.29 is 8.76 Å². The Labute approximate surface area is 45.5 Å². The van der Waals surface area contributed by atoms with Crippen LogP contribution in [0.3, 0.4) is 0 Å². The summed E-state index contributed by atoms with van der Waals surface area (Å²) in [4.78, 5) is 0.153. The van der Waals surface area contributed by atoms with Gasteiger partial charge in [-0.15, -0.1) is 0 Å². The molecule has 0 aliphatic rings. The van der Waals surface area contributed by atoms with Gasteiger partial charge < -0.3 is 4.55 Å². The predicted octanol–water partition coefficient (Wildman–Crippen LogP) is 0.603. The first kappa shape index (κ1) is 6.72. The summed E-state index contributed by atoms with van der Waals surface area (Å²) in [6, 6.07) is 0. The predicted molar refractivity (Wildman–Crippen MR) is 28.0 cm³/mol. The highest BCUT2D eigenvalue weighted by Gasteiger charge is 1.89. The molecule has 0 aromatic carbocycles. The second kappa shape index (κ2) is 2.82. The monoisotopic (exact) mass is 118 g/mol. The summed E-state index contributed by atoms with van der Waals surface area (Å²) in [5.74, 6) is 0. The molecule has 0 radical (unpaired) electrons. The fraction of sp³-hybridized carbons (Fsp3) is 0.250. The van der Waals surface area contributed by atoms with Crippen molar-refractivity contribution in [3.63, 3.8) is 0 Å². The van der Waals surface area contributed by atoms with Crippen molar-refractivity contribution in [2.24, 2.45) is 0 Å². The minimum Gasteiger partial charge on any atom is -0.769 e. The first-order chi connectivity index (χ1) is 3.18. The Morgan fingerprint density at radius 3 is 2.43 bits per heavy atom. The summed E-state index contributed by atoms with van der Waals surface area (Å²) in [5.41, 5.74) is 0. The van der Waals surface area contributed by atoms with E-state index >= 15 is 0 Å². The smallest absolute Gasteiger partial charge is 0.117 e. The quantitative estimate of drug-likeness (QED) is 0.393. The van der Waals surface area contributed by atoms with E-state index in [1.54, 1.807) is 0 Å². The van der Waals surface area contributed by atoms with Crippen LogP contribution in [0, 0.1) is 6.92 Å². The van der Waals surface area contributed by atoms with E-state index in [0.717, 1.165) is 0 Å². The number of hydrogen-bond donors (Lipinski definition) is 0. The molecular weight excluding hydrogens is 112 g/mol. The van der Waals surface area contributed by atoms with Crippen LogP contribution in [0.15, 0.2) is 11.5 Å². The highest BCUT2D eigenvalue weighted by Crippen LogP contribution is 1.97. The molecular formula is C4H6O2S. The zero-order valence-corrected chi connectivity index (χ0v) is 4.66. The van der Waals surface area contributed by atoms with Crippen LogP contribution in [0.4, 0.5) is 0 Å². The third-order valence-electron chi connectivity index (χ3n) is 0.515. The van der Waals surface area contributed by atoms with E-state index in [4.69, 9.17) is 0 Å². The molecule has 0 heterocycles. The Kier molecular flexibility index (Phi) is 2.71. The minimum atomic E-state index is -2.12. The Hall–Kier alpha value is -0.280. The average Bonchev–Trinajstić information content (AvgIpc) is 1.65. The maximum atomic E-state index is 9.79. The molecule has 0 fully saturated rings. The summed E-state index contributed by atoms with van der Waals surface area (Å²) < 4.78 is 19.6. The van der Waals surface area contributed by atoms with E-state index < -0.39 is 11.1 Å². The molecule has 0 rings (SSSR count). The first-order valence-electron chi connectivity index (χ1n) is 1.74. The second-order valence-electron chi connectivity index (χ2n) is 1.02. The summed E-state index contributed by atoms with van der Waals surface area (Å²) in [6.07, 6.45) is 0.260. The number of hydrogen-bond acceptors (Lipinski definition) is 2. The molecule has 3 heteroatoms. The van der Waals surface area contributed by atoms with Gasteiger partial charge in [0, 0.05) is 4.91 Å². The minimum absolute atomic E-state index is 0.153. The molecule has 0 aromatic rings. The van der Waals surface area contributed by atoms with E-state index in [2.05, 4.69) is 13.5 Å². The average molecular weight is 118 g/mol. The molecule has 1 unspecified atom stereocenters. The third kappa shape index (κ3) is 2.42. The summed E-state index contributed by atoms with van der Waals surface area (Å²) in [5, 5.41) is 0. The lowest BCUT2D eigenvalue weighted by Gasteiger charge is -1.99. The van der Waals surface area contributed by atoms with Gasteiger partial charge in [-0.05, 0) is 11.1 Å². The Morgan fingerprint density at radius 1 is 2.00 bits per heavy atom. The van der Waals surface area contributed by atoms with Gasteiger partial charge in [-0.2, -0.15) is 0 Å². The Bertz CT molecular complexity index is 97.9. The van der Waals surface area contributed by atoms with Crippen molar-refractivity contribution in [2.45, 2.75) is 6.42 Å². The molecule has 0 aliphatic heterocycles. The number of rotatable bonds is 2. The zero-order chi connectivity index (χ0) is 5.86. The van der Waals surface area contributed by atoms with E-state index in [0.29, 0.717) is 0 Å². The molecule has 0 spiro atoms. The maximum absolute atomic E-state index is 9.79. The molecule has 0 bridgehead atoms. The molecule has 1 atom stereocenters. The standard InChI is InChI=1S/C4H6O2S/c1-3-4(2)7(5)6/h1-3H2. The van der Waals surface area contributed by atoms with Crippen molar-refractivity contribution in [1.82, 2.24) is 0 Å². The zero-order valence-electron chi connectivity index (χ0n) is 3.85. The van der Waals surface area contributed by atoms with Gasteiger partial charge >= 0.3 is 0 Å². The Morgan fingerprint density at radius 2 is 2.43 bits per heavy atom. The van der Waals surface area contributed by atoms with Crippen LogP contribution in [0.5, 0.6) is 0 Å². The van der Waals surface area contributed by atoms with E-state index in [1.807, 2.05) is 0 Å². The van der Waals surface area contributed by atoms with Gasteiger partial charge in [-0.3, -0.25) is 4.21 Å². The summed E-state index contributed by atoms with van der Waals surface area (Å²) in [7, 11) is 0. The largest absolute Gasteiger partial charge is 0.769 e. The maximum Gasteiger partial charge on any atom is 0.117 e. The van der Waals surface area contributed by atoms with Crippen molar-refractivity contribution in [2.75, 3.05) is 0 Å². The molecule has 7 heavy (non-hydrogen) atoms. The van der Waals surface area contributed by atoms with Crippen molar-refractivity contribution in [3.05, 3.63) is 18.4 Å². The van der Waals surface area contributed by atoms with Crippen LogP contribution in [0.2, 0.25) is 0 Å². The molecule has 0 amide bonds. The van der Waals surface area contributed by atoms with E-state index in [-0.39, 0.29) is 11.3 Å². The highest BCUT2D eigenvalue weighted by atomic mass is 32.2. The second-order valence-corrected chi connectivity index (χ2v) is 2.07. The third-order valence-corrected chi connectivity index (χ3v) is 1.19. The summed E-state index contributed by atoms with van der Waals surface area (Å²) in [6.45, 7) is 6.51. The number of allylic oxidation sites excluding steroid dienone is 1. The lowest BCUT2D eigenvalue weighted by molar-refractivity contribution is 0.543. The first-order valence-corrected chi connectivity index (χ1v) is 2.82. The van der Waals surface area contributed by atoms with E-state index in [9.17, 15) is 8.76 Å². The molecule has 0 saturated carbocycles. The van der Waals surface area contributed by atoms with Crippen LogP contribution in [-0.4, -0.2) is 8.76 Å². The normalized spacial score (nSPS) is 13.3. The lowest BCUT2D eigenvalue weighted by Crippen LogP contribution is -1.87.